The molecule has 0 radical (unpaired) electrons. The number of piperidine rings is 1. The molecule has 0 saturated carbocycles. The molecule has 158 valence electrons. The van der Waals surface area contributed by atoms with Gasteiger partial charge in [-0.15, -0.1) is 0 Å². The van der Waals surface area contributed by atoms with E-state index in [-0.39, 0.29) is 17.5 Å². The van der Waals surface area contributed by atoms with Crippen molar-refractivity contribution in [1.82, 2.24) is 9.62 Å². The zero-order valence-electron chi connectivity index (χ0n) is 16.8. The van der Waals surface area contributed by atoms with Crippen LogP contribution in [0.3, 0.4) is 0 Å². The standard InChI is InChI=1S/C19H30N2O6S/c1-14(13-22)26-16-6-5-7-17(12-16)28(24,25)21-10-8-15(9-11-21)20-18(23)27-19(2,3)4/h5-7,12,14-15,22H,8-11,13H2,1-4H3,(H,20,23)/t14-/m0/s1. The number of rotatable bonds is 6. The second-order valence-corrected chi connectivity index (χ2v) is 9.85. The van der Waals surface area contributed by atoms with Gasteiger partial charge in [-0.1, -0.05) is 6.07 Å². The normalized spacial score (nSPS) is 17.8. The SMILES string of the molecule is C[C@@H](CO)Oc1cccc(S(=O)(=O)N2CCC(NC(=O)OC(C)(C)C)CC2)c1. The molecule has 0 unspecified atom stereocenters. The fraction of sp³-hybridized carbons (Fsp3) is 0.632. The summed E-state index contributed by atoms with van der Waals surface area (Å²) in [6, 6.07) is 6.13. The Bertz CT molecular complexity index is 767. The lowest BCUT2D eigenvalue weighted by Crippen LogP contribution is -2.47. The van der Waals surface area contributed by atoms with Gasteiger partial charge in [0, 0.05) is 25.2 Å². The predicted molar refractivity (Wildman–Crippen MR) is 105 cm³/mol. The van der Waals surface area contributed by atoms with Gasteiger partial charge >= 0.3 is 6.09 Å². The fourth-order valence-electron chi connectivity index (χ4n) is 2.84. The number of nitrogens with zero attached hydrogens (tertiary/aromatic N) is 1. The van der Waals surface area contributed by atoms with E-state index in [0.29, 0.717) is 31.7 Å². The third-order valence-corrected chi connectivity index (χ3v) is 6.11. The minimum absolute atomic E-state index is 0.124. The van der Waals surface area contributed by atoms with Crippen LogP contribution >= 0.6 is 0 Å². The molecule has 8 nitrogen and oxygen atoms in total. The smallest absolute Gasteiger partial charge is 0.407 e. The number of nitrogens with one attached hydrogen (secondary N) is 1. The van der Waals surface area contributed by atoms with Crippen molar-refractivity contribution in [2.24, 2.45) is 0 Å². The molecular formula is C19H30N2O6S. The maximum atomic E-state index is 12.9. The van der Waals surface area contributed by atoms with E-state index in [1.165, 1.54) is 16.4 Å². The van der Waals surface area contributed by atoms with Crippen LogP contribution in [0.25, 0.3) is 0 Å². The van der Waals surface area contributed by atoms with Crippen molar-refractivity contribution in [1.29, 1.82) is 0 Å². The van der Waals surface area contributed by atoms with Crippen LogP contribution in [0.15, 0.2) is 29.2 Å². The summed E-state index contributed by atoms with van der Waals surface area (Å²) < 4.78 is 38.0. The first-order chi connectivity index (χ1) is 13.0. The molecule has 1 atom stereocenters. The first-order valence-corrected chi connectivity index (χ1v) is 10.8. The monoisotopic (exact) mass is 414 g/mol. The van der Waals surface area contributed by atoms with Gasteiger partial charge in [-0.3, -0.25) is 0 Å². The van der Waals surface area contributed by atoms with Gasteiger partial charge in [0.25, 0.3) is 0 Å². The molecule has 1 aliphatic rings. The highest BCUT2D eigenvalue weighted by Crippen LogP contribution is 2.24. The second-order valence-electron chi connectivity index (χ2n) is 7.91. The van der Waals surface area contributed by atoms with Crippen molar-refractivity contribution >= 4 is 16.1 Å². The average molecular weight is 415 g/mol. The Kier molecular flexibility index (Phi) is 7.30. The summed E-state index contributed by atoms with van der Waals surface area (Å²) >= 11 is 0. The number of sulfonamides is 1. The Hall–Kier alpha value is -1.84. The Morgan fingerprint density at radius 1 is 1.32 bits per heavy atom. The number of aliphatic hydroxyl groups excluding tert-OH is 1. The van der Waals surface area contributed by atoms with E-state index in [1.807, 2.05) is 0 Å². The van der Waals surface area contributed by atoms with Gasteiger partial charge in [-0.25, -0.2) is 13.2 Å². The number of ether oxygens (including phenoxy) is 2. The molecule has 0 aliphatic carbocycles. The first kappa shape index (κ1) is 22.4. The summed E-state index contributed by atoms with van der Waals surface area (Å²) in [6.07, 6.45) is 0.108. The van der Waals surface area contributed by atoms with Crippen LogP contribution in [0.1, 0.15) is 40.5 Å². The third-order valence-electron chi connectivity index (χ3n) is 4.21. The van der Waals surface area contributed by atoms with Crippen molar-refractivity contribution in [3.8, 4) is 5.75 Å². The van der Waals surface area contributed by atoms with Crippen LogP contribution in [0.4, 0.5) is 4.79 Å². The minimum atomic E-state index is -3.66. The van der Waals surface area contributed by atoms with Gasteiger partial charge in [0.2, 0.25) is 10.0 Å². The van der Waals surface area contributed by atoms with Crippen molar-refractivity contribution in [3.05, 3.63) is 24.3 Å². The Balaban J connectivity index is 1.97. The summed E-state index contributed by atoms with van der Waals surface area (Å²) in [5.74, 6) is 0.393. The van der Waals surface area contributed by atoms with Crippen LogP contribution in [-0.2, 0) is 14.8 Å². The van der Waals surface area contributed by atoms with Crippen LogP contribution in [0.2, 0.25) is 0 Å². The molecule has 1 fully saturated rings. The molecule has 1 saturated heterocycles. The summed E-state index contributed by atoms with van der Waals surface area (Å²) in [4.78, 5) is 12.0. The lowest BCUT2D eigenvalue weighted by molar-refractivity contribution is 0.0489. The van der Waals surface area contributed by atoms with Crippen LogP contribution in [-0.4, -0.2) is 61.4 Å². The number of carbonyl (C=O) groups excluding carboxylic acids is 1. The van der Waals surface area contributed by atoms with Gasteiger partial charge in [0.1, 0.15) is 17.5 Å². The van der Waals surface area contributed by atoms with Crippen molar-refractivity contribution in [3.63, 3.8) is 0 Å². The predicted octanol–water partition coefficient (Wildman–Crippen LogP) is 2.12. The number of benzene rings is 1. The quantitative estimate of drug-likeness (QED) is 0.739. The fourth-order valence-corrected chi connectivity index (χ4v) is 4.35. The summed E-state index contributed by atoms with van der Waals surface area (Å²) in [7, 11) is -3.66. The highest BCUT2D eigenvalue weighted by molar-refractivity contribution is 7.89. The van der Waals surface area contributed by atoms with Gasteiger partial charge < -0.3 is 19.9 Å². The lowest BCUT2D eigenvalue weighted by atomic mass is 10.1. The molecule has 1 aromatic carbocycles. The van der Waals surface area contributed by atoms with E-state index in [9.17, 15) is 13.2 Å². The van der Waals surface area contributed by atoms with Crippen molar-refractivity contribution in [2.45, 2.75) is 63.2 Å². The molecule has 9 heteroatoms. The minimum Gasteiger partial charge on any atom is -0.488 e. The number of amides is 1. The summed E-state index contributed by atoms with van der Waals surface area (Å²) in [5.41, 5.74) is -0.575. The van der Waals surface area contributed by atoms with Gasteiger partial charge in [0.15, 0.2) is 0 Å². The average Bonchev–Trinajstić information content (AvgIpc) is 2.60. The largest absolute Gasteiger partial charge is 0.488 e. The second kappa shape index (κ2) is 9.11. The Morgan fingerprint density at radius 2 is 1.96 bits per heavy atom. The summed E-state index contributed by atoms with van der Waals surface area (Å²) in [5, 5.41) is 11.9. The molecule has 28 heavy (non-hydrogen) atoms. The molecule has 0 spiro atoms. The van der Waals surface area contributed by atoms with E-state index >= 15 is 0 Å². The van der Waals surface area contributed by atoms with E-state index < -0.39 is 27.8 Å². The zero-order valence-corrected chi connectivity index (χ0v) is 17.7. The maximum absolute atomic E-state index is 12.9. The van der Waals surface area contributed by atoms with Crippen LogP contribution < -0.4 is 10.1 Å². The Morgan fingerprint density at radius 3 is 2.54 bits per heavy atom. The highest BCUT2D eigenvalue weighted by Gasteiger charge is 2.31. The lowest BCUT2D eigenvalue weighted by Gasteiger charge is -2.32. The number of alkyl carbamates (subject to hydrolysis) is 1. The van der Waals surface area contributed by atoms with E-state index in [0.717, 1.165) is 0 Å². The van der Waals surface area contributed by atoms with E-state index in [4.69, 9.17) is 14.6 Å². The van der Waals surface area contributed by atoms with E-state index in [2.05, 4.69) is 5.32 Å². The molecule has 1 aliphatic heterocycles. The number of aliphatic hydroxyl groups is 1. The number of hydrogen-bond acceptors (Lipinski definition) is 6. The summed E-state index contributed by atoms with van der Waals surface area (Å²) in [6.45, 7) is 7.53. The van der Waals surface area contributed by atoms with Crippen LogP contribution in [0, 0.1) is 0 Å². The zero-order chi connectivity index (χ0) is 20.9. The Labute approximate surface area is 166 Å². The molecule has 1 amide bonds. The maximum Gasteiger partial charge on any atom is 0.407 e. The third kappa shape index (κ3) is 6.35. The van der Waals surface area contributed by atoms with Gasteiger partial charge in [-0.2, -0.15) is 4.31 Å². The molecule has 0 bridgehead atoms. The number of carbonyl (C=O) groups is 1. The molecule has 2 N–H and O–H groups in total. The first-order valence-electron chi connectivity index (χ1n) is 9.38. The highest BCUT2D eigenvalue weighted by atomic mass is 32.2. The van der Waals surface area contributed by atoms with Gasteiger partial charge in [0.05, 0.1) is 11.5 Å². The van der Waals surface area contributed by atoms with Gasteiger partial charge in [-0.05, 0) is 52.7 Å². The molecule has 0 aromatic heterocycles. The number of hydrogen-bond donors (Lipinski definition) is 2. The molecule has 1 aromatic rings. The molecule has 1 heterocycles. The topological polar surface area (TPSA) is 105 Å². The van der Waals surface area contributed by atoms with Crippen molar-refractivity contribution < 1.29 is 27.8 Å². The van der Waals surface area contributed by atoms with Crippen LogP contribution in [0.5, 0.6) is 5.75 Å². The molecule has 2 rings (SSSR count). The molecular weight excluding hydrogens is 384 g/mol. The van der Waals surface area contributed by atoms with E-state index in [1.54, 1.807) is 39.8 Å². The van der Waals surface area contributed by atoms with Crippen molar-refractivity contribution in [2.75, 3.05) is 19.7 Å².